The van der Waals surface area contributed by atoms with Crippen molar-refractivity contribution in [1.29, 1.82) is 0 Å². The number of benzene rings is 3. The molecule has 0 spiro atoms. The first kappa shape index (κ1) is 23.6. The van der Waals surface area contributed by atoms with E-state index in [1.165, 1.54) is 0 Å². The monoisotopic (exact) mass is 452 g/mol. The van der Waals surface area contributed by atoms with Crippen LogP contribution in [0.2, 0.25) is 0 Å². The SMILES string of the molecule is COc1ccc(C(O)/C=C(\OB(c2ccccc2)c2ccccc2)C2=CCC(OC)C=C2)cc1. The molecule has 0 aliphatic heterocycles. The zero-order valence-electron chi connectivity index (χ0n) is 19.5. The van der Waals surface area contributed by atoms with E-state index in [9.17, 15) is 5.11 Å². The van der Waals surface area contributed by atoms with Gasteiger partial charge in [-0.2, -0.15) is 0 Å². The van der Waals surface area contributed by atoms with Crippen LogP contribution < -0.4 is 15.7 Å². The fourth-order valence-electron chi connectivity index (χ4n) is 3.91. The quantitative estimate of drug-likeness (QED) is 0.388. The lowest BCUT2D eigenvalue weighted by molar-refractivity contribution is 0.142. The van der Waals surface area contributed by atoms with Crippen LogP contribution in [0, 0.1) is 0 Å². The first-order chi connectivity index (χ1) is 16.7. The van der Waals surface area contributed by atoms with E-state index in [0.29, 0.717) is 5.76 Å². The molecule has 3 aromatic rings. The average molecular weight is 452 g/mol. The van der Waals surface area contributed by atoms with Gasteiger partial charge in [0.05, 0.1) is 13.2 Å². The molecule has 0 bridgehead atoms. The average Bonchev–Trinajstić information content (AvgIpc) is 2.92. The Morgan fingerprint density at radius 2 is 1.53 bits per heavy atom. The second-order valence-corrected chi connectivity index (χ2v) is 8.10. The summed E-state index contributed by atoms with van der Waals surface area (Å²) in [5.74, 6) is 1.36. The Kier molecular flexibility index (Phi) is 8.02. The Hall–Kier alpha value is -3.54. The van der Waals surface area contributed by atoms with Crippen molar-refractivity contribution in [2.75, 3.05) is 14.2 Å². The molecule has 4 nitrogen and oxygen atoms in total. The van der Waals surface area contributed by atoms with Crippen LogP contribution in [0.4, 0.5) is 0 Å². The van der Waals surface area contributed by atoms with E-state index >= 15 is 0 Å². The van der Waals surface area contributed by atoms with Crippen molar-refractivity contribution < 1.29 is 19.2 Å². The molecule has 2 unspecified atom stereocenters. The van der Waals surface area contributed by atoms with E-state index in [-0.39, 0.29) is 13.0 Å². The van der Waals surface area contributed by atoms with Crippen molar-refractivity contribution in [3.63, 3.8) is 0 Å². The van der Waals surface area contributed by atoms with Crippen molar-refractivity contribution in [1.82, 2.24) is 0 Å². The molecule has 1 aliphatic rings. The third-order valence-electron chi connectivity index (χ3n) is 5.86. The van der Waals surface area contributed by atoms with Crippen molar-refractivity contribution in [3.05, 3.63) is 126 Å². The maximum absolute atomic E-state index is 11.1. The highest BCUT2D eigenvalue weighted by molar-refractivity contribution is 6.80. The summed E-state index contributed by atoms with van der Waals surface area (Å²) < 4.78 is 17.4. The van der Waals surface area contributed by atoms with Crippen molar-refractivity contribution in [2.24, 2.45) is 0 Å². The molecule has 0 aromatic heterocycles. The largest absolute Gasteiger partial charge is 0.551 e. The van der Waals surface area contributed by atoms with E-state index in [0.717, 1.165) is 34.2 Å². The Bertz CT molecular complexity index is 1100. The molecule has 0 fully saturated rings. The lowest BCUT2D eigenvalue weighted by Gasteiger charge is -2.23. The second kappa shape index (κ2) is 11.5. The minimum Gasteiger partial charge on any atom is -0.551 e. The molecule has 1 N–H and O–H groups in total. The summed E-state index contributed by atoms with van der Waals surface area (Å²) in [6, 6.07) is 27.6. The van der Waals surface area contributed by atoms with Crippen LogP contribution in [0.5, 0.6) is 5.75 Å². The van der Waals surface area contributed by atoms with Gasteiger partial charge in [-0.15, -0.1) is 0 Å². The van der Waals surface area contributed by atoms with E-state index in [1.54, 1.807) is 20.3 Å². The summed E-state index contributed by atoms with van der Waals surface area (Å²) in [6.07, 6.45) is 7.81. The number of allylic oxidation sites excluding steroid dienone is 1. The molecule has 2 atom stereocenters. The van der Waals surface area contributed by atoms with Gasteiger partial charge in [0.15, 0.2) is 0 Å². The van der Waals surface area contributed by atoms with Crippen LogP contribution in [0.15, 0.2) is 121 Å². The normalized spacial score (nSPS) is 16.5. The molecular formula is C29H29BO4. The highest BCUT2D eigenvalue weighted by Gasteiger charge is 2.26. The highest BCUT2D eigenvalue weighted by atomic mass is 16.5. The van der Waals surface area contributed by atoms with Gasteiger partial charge in [-0.25, -0.2) is 0 Å². The number of hydrogen-bond donors (Lipinski definition) is 1. The van der Waals surface area contributed by atoms with Gasteiger partial charge in [-0.05, 0) is 41.1 Å². The van der Waals surface area contributed by atoms with E-state index in [2.05, 4.69) is 30.3 Å². The van der Waals surface area contributed by atoms with Gasteiger partial charge in [0.25, 0.3) is 0 Å². The molecule has 0 amide bonds. The second-order valence-electron chi connectivity index (χ2n) is 8.10. The third kappa shape index (κ3) is 5.87. The molecule has 1 aliphatic carbocycles. The topological polar surface area (TPSA) is 47.9 Å². The summed E-state index contributed by atoms with van der Waals surface area (Å²) in [4.78, 5) is 0. The Balaban J connectivity index is 1.71. The molecular weight excluding hydrogens is 423 g/mol. The summed E-state index contributed by atoms with van der Waals surface area (Å²) in [7, 11) is 3.33. The van der Waals surface area contributed by atoms with Gasteiger partial charge < -0.3 is 19.2 Å². The number of aliphatic hydroxyl groups is 1. The number of aliphatic hydroxyl groups excluding tert-OH is 1. The number of rotatable bonds is 9. The summed E-state index contributed by atoms with van der Waals surface area (Å²) in [6.45, 7) is -0.328. The number of methoxy groups -OCH3 is 2. The van der Waals surface area contributed by atoms with Gasteiger partial charge in [-0.3, -0.25) is 0 Å². The van der Waals surface area contributed by atoms with Gasteiger partial charge in [0.1, 0.15) is 17.6 Å². The minimum atomic E-state index is -0.845. The lowest BCUT2D eigenvalue weighted by Crippen LogP contribution is -2.44. The molecule has 0 heterocycles. The van der Waals surface area contributed by atoms with Crippen LogP contribution in [0.3, 0.4) is 0 Å². The Morgan fingerprint density at radius 1 is 0.912 bits per heavy atom. The number of ether oxygens (including phenoxy) is 2. The molecule has 0 saturated carbocycles. The van der Waals surface area contributed by atoms with Gasteiger partial charge in [-0.1, -0.05) is 91.0 Å². The molecule has 5 heteroatoms. The zero-order valence-corrected chi connectivity index (χ0v) is 19.5. The van der Waals surface area contributed by atoms with Crippen molar-refractivity contribution >= 4 is 17.8 Å². The summed E-state index contributed by atoms with van der Waals surface area (Å²) in [5.41, 5.74) is 3.74. The lowest BCUT2D eigenvalue weighted by atomic mass is 9.55. The van der Waals surface area contributed by atoms with Crippen molar-refractivity contribution in [2.45, 2.75) is 18.6 Å². The molecule has 4 rings (SSSR count). The van der Waals surface area contributed by atoms with Crippen LogP contribution in [-0.4, -0.2) is 32.3 Å². The van der Waals surface area contributed by atoms with Crippen LogP contribution in [0.1, 0.15) is 18.1 Å². The van der Waals surface area contributed by atoms with Crippen LogP contribution in [-0.2, 0) is 9.39 Å². The first-order valence-electron chi connectivity index (χ1n) is 11.4. The van der Waals surface area contributed by atoms with Gasteiger partial charge >= 0.3 is 6.92 Å². The van der Waals surface area contributed by atoms with Gasteiger partial charge in [0, 0.05) is 12.7 Å². The molecule has 3 aromatic carbocycles. The minimum absolute atomic E-state index is 0.0376. The van der Waals surface area contributed by atoms with Crippen molar-refractivity contribution in [3.8, 4) is 5.75 Å². The van der Waals surface area contributed by atoms with Crippen LogP contribution >= 0.6 is 0 Å². The van der Waals surface area contributed by atoms with Crippen LogP contribution in [0.25, 0.3) is 0 Å². The predicted molar refractivity (Wildman–Crippen MR) is 138 cm³/mol. The zero-order chi connectivity index (χ0) is 23.8. The molecule has 172 valence electrons. The highest BCUT2D eigenvalue weighted by Crippen LogP contribution is 2.26. The summed E-state index contributed by atoms with van der Waals surface area (Å²) in [5, 5.41) is 11.1. The van der Waals surface area contributed by atoms with E-state index in [4.69, 9.17) is 14.1 Å². The first-order valence-corrected chi connectivity index (χ1v) is 11.4. The maximum Gasteiger partial charge on any atom is 0.426 e. The van der Waals surface area contributed by atoms with Gasteiger partial charge in [0.2, 0.25) is 0 Å². The summed E-state index contributed by atoms with van der Waals surface area (Å²) >= 11 is 0. The van der Waals surface area contributed by atoms with E-state index in [1.807, 2.05) is 72.8 Å². The third-order valence-corrected chi connectivity index (χ3v) is 5.86. The molecule has 0 saturated heterocycles. The Labute approximate surface area is 201 Å². The van der Waals surface area contributed by atoms with E-state index < -0.39 is 6.10 Å². The fraction of sp³-hybridized carbons (Fsp3) is 0.172. The molecule has 34 heavy (non-hydrogen) atoms. The Morgan fingerprint density at radius 3 is 2.03 bits per heavy atom. The number of hydrogen-bond acceptors (Lipinski definition) is 4. The maximum atomic E-state index is 11.1. The smallest absolute Gasteiger partial charge is 0.426 e. The standard InChI is InChI=1S/C29H29BO4/c1-32-26-17-13-22(14-18-26)28(31)21-29(23-15-19-27(33-2)20-16-23)34-30(24-9-5-3-6-10-24)25-11-7-4-8-12-25/h3-19,21,27-28,31H,20H2,1-2H3/b29-21-. The molecule has 0 radical (unpaired) electrons. The predicted octanol–water partition coefficient (Wildman–Crippen LogP) is 4.34. The fourth-order valence-corrected chi connectivity index (χ4v) is 3.91.